The Bertz CT molecular complexity index is 983. The van der Waals surface area contributed by atoms with Crippen LogP contribution in [-0.2, 0) is 9.59 Å². The highest BCUT2D eigenvalue weighted by Crippen LogP contribution is 2.30. The van der Waals surface area contributed by atoms with Crippen molar-refractivity contribution in [1.82, 2.24) is 4.90 Å². The van der Waals surface area contributed by atoms with Gasteiger partial charge in [-0.25, -0.2) is 9.38 Å². The minimum atomic E-state index is -3.84. The van der Waals surface area contributed by atoms with Crippen LogP contribution in [0.2, 0.25) is 0 Å². The molecule has 1 N–H and O–H groups in total. The Morgan fingerprint density at radius 3 is 2.63 bits per heavy atom. The molecular weight excluding hydrogens is 443 g/mol. The minimum absolute atomic E-state index is 0.0607. The Hall–Kier alpha value is -2.72. The van der Waals surface area contributed by atoms with Crippen molar-refractivity contribution in [3.05, 3.63) is 54.3 Å². The van der Waals surface area contributed by atoms with Gasteiger partial charge < -0.3 is 10.1 Å². The number of ether oxygens (including phenoxy) is 1. The van der Waals surface area contributed by atoms with E-state index in [0.29, 0.717) is 11.4 Å². The van der Waals surface area contributed by atoms with Crippen LogP contribution < -0.4 is 10.1 Å². The van der Waals surface area contributed by atoms with E-state index < -0.39 is 22.5 Å². The minimum Gasteiger partial charge on any atom is -0.420 e. The average Bonchev–Trinajstić information content (AvgIpc) is 2.65. The molecule has 2 aromatic rings. The number of amides is 2. The van der Waals surface area contributed by atoms with Gasteiger partial charge in [0, 0.05) is 30.8 Å². The van der Waals surface area contributed by atoms with Gasteiger partial charge >= 0.3 is 5.57 Å². The second-order valence-corrected chi connectivity index (χ2v) is 7.81. The molecule has 0 aliphatic carbocycles. The number of thioether (sulfide) groups is 1. The molecule has 1 unspecified atom stereocenters. The van der Waals surface area contributed by atoms with Crippen molar-refractivity contribution in [2.75, 3.05) is 12.4 Å². The fraction of sp³-hybridized carbons (Fsp3) is 0.211. The fourth-order valence-electron chi connectivity index (χ4n) is 2.52. The molecule has 158 valence electrons. The molecule has 0 radical (unpaired) electrons. The largest absolute Gasteiger partial charge is 0.487 e. The lowest BCUT2D eigenvalue weighted by Gasteiger charge is -2.28. The van der Waals surface area contributed by atoms with E-state index in [-0.39, 0.29) is 23.2 Å². The molecule has 0 spiro atoms. The number of aliphatic imine (C=N–C) groups is 1. The van der Waals surface area contributed by atoms with Crippen LogP contribution in [0.3, 0.4) is 0 Å². The zero-order valence-electron chi connectivity index (χ0n) is 15.4. The van der Waals surface area contributed by atoms with Crippen molar-refractivity contribution in [3.8, 4) is 5.75 Å². The molecule has 1 aliphatic rings. The first-order valence-corrected chi connectivity index (χ1v) is 9.80. The SMILES string of the molecule is CN1C(=O)CC(C(=O)Nc2ccc(OC(F)(F)Cl)cc2)SC1=Nc1cccc(F)c1. The van der Waals surface area contributed by atoms with Crippen LogP contribution in [0.4, 0.5) is 24.5 Å². The summed E-state index contributed by atoms with van der Waals surface area (Å²) in [6.45, 7) is 0. The van der Waals surface area contributed by atoms with Crippen molar-refractivity contribution in [2.45, 2.75) is 17.2 Å². The van der Waals surface area contributed by atoms with Gasteiger partial charge in [-0.05, 0) is 42.5 Å². The molecule has 1 fully saturated rings. The van der Waals surface area contributed by atoms with E-state index in [1.165, 1.54) is 54.4 Å². The number of nitrogens with one attached hydrogen (secondary N) is 1. The molecule has 0 saturated carbocycles. The fourth-order valence-corrected chi connectivity index (χ4v) is 3.67. The smallest absolute Gasteiger partial charge is 0.420 e. The van der Waals surface area contributed by atoms with E-state index in [1.54, 1.807) is 6.07 Å². The van der Waals surface area contributed by atoms with Gasteiger partial charge in [0.15, 0.2) is 5.17 Å². The number of carbonyl (C=O) groups is 2. The van der Waals surface area contributed by atoms with Gasteiger partial charge in [-0.1, -0.05) is 17.8 Å². The van der Waals surface area contributed by atoms with Crippen molar-refractivity contribution in [1.29, 1.82) is 0 Å². The number of halogens is 4. The number of carbonyl (C=O) groups excluding carboxylic acids is 2. The Labute approximate surface area is 179 Å². The average molecular weight is 458 g/mol. The zero-order valence-corrected chi connectivity index (χ0v) is 17.0. The maximum Gasteiger partial charge on any atom is 0.487 e. The molecule has 1 atom stereocenters. The highest BCUT2D eigenvalue weighted by Gasteiger charge is 2.34. The van der Waals surface area contributed by atoms with Crippen LogP contribution in [-0.4, -0.2) is 39.7 Å². The maximum absolute atomic E-state index is 13.4. The van der Waals surface area contributed by atoms with Gasteiger partial charge in [0.05, 0.1) is 5.69 Å². The van der Waals surface area contributed by atoms with E-state index in [4.69, 9.17) is 11.6 Å². The van der Waals surface area contributed by atoms with Gasteiger partial charge in [-0.15, -0.1) is 8.78 Å². The lowest BCUT2D eigenvalue weighted by Crippen LogP contribution is -2.43. The van der Waals surface area contributed by atoms with Crippen LogP contribution in [0, 0.1) is 5.82 Å². The molecule has 0 bridgehead atoms. The maximum atomic E-state index is 13.4. The summed E-state index contributed by atoms with van der Waals surface area (Å²) in [7, 11) is 1.52. The van der Waals surface area contributed by atoms with Crippen molar-refractivity contribution in [3.63, 3.8) is 0 Å². The molecule has 2 aromatic carbocycles. The van der Waals surface area contributed by atoms with E-state index in [1.807, 2.05) is 0 Å². The van der Waals surface area contributed by atoms with E-state index >= 15 is 0 Å². The van der Waals surface area contributed by atoms with Crippen molar-refractivity contribution < 1.29 is 27.5 Å². The van der Waals surface area contributed by atoms with Crippen LogP contribution >= 0.6 is 23.4 Å². The number of alkyl halides is 3. The Morgan fingerprint density at radius 1 is 1.30 bits per heavy atom. The summed E-state index contributed by atoms with van der Waals surface area (Å²) < 4.78 is 42.9. The molecule has 30 heavy (non-hydrogen) atoms. The quantitative estimate of drug-likeness (QED) is 0.667. The third-order valence-corrected chi connectivity index (χ3v) is 5.27. The lowest BCUT2D eigenvalue weighted by molar-refractivity contribution is -0.128. The van der Waals surface area contributed by atoms with Gasteiger partial charge in [0.1, 0.15) is 16.8 Å². The van der Waals surface area contributed by atoms with Crippen LogP contribution in [0.1, 0.15) is 6.42 Å². The zero-order chi connectivity index (χ0) is 21.9. The van der Waals surface area contributed by atoms with Gasteiger partial charge in [-0.2, -0.15) is 0 Å². The van der Waals surface area contributed by atoms with Crippen LogP contribution in [0.15, 0.2) is 53.5 Å². The summed E-state index contributed by atoms with van der Waals surface area (Å²) in [6, 6.07) is 10.7. The van der Waals surface area contributed by atoms with Crippen LogP contribution in [0.25, 0.3) is 0 Å². The number of hydrogen-bond acceptors (Lipinski definition) is 5. The van der Waals surface area contributed by atoms with Crippen LogP contribution in [0.5, 0.6) is 5.75 Å². The number of rotatable bonds is 5. The lowest BCUT2D eigenvalue weighted by atomic mass is 10.2. The third kappa shape index (κ3) is 5.90. The Balaban J connectivity index is 1.70. The summed E-state index contributed by atoms with van der Waals surface area (Å²) in [4.78, 5) is 30.4. The first kappa shape index (κ1) is 22.0. The highest BCUT2D eigenvalue weighted by molar-refractivity contribution is 8.15. The topological polar surface area (TPSA) is 71.0 Å². The van der Waals surface area contributed by atoms with E-state index in [9.17, 15) is 22.8 Å². The second-order valence-electron chi connectivity index (χ2n) is 6.20. The molecule has 1 saturated heterocycles. The molecule has 1 heterocycles. The Kier molecular flexibility index (Phi) is 6.57. The monoisotopic (exact) mass is 457 g/mol. The molecule has 11 heteroatoms. The highest BCUT2D eigenvalue weighted by atomic mass is 35.5. The molecule has 2 amide bonds. The predicted molar refractivity (Wildman–Crippen MR) is 109 cm³/mol. The van der Waals surface area contributed by atoms with Crippen molar-refractivity contribution in [2.24, 2.45) is 4.99 Å². The first-order chi connectivity index (χ1) is 14.1. The molecule has 6 nitrogen and oxygen atoms in total. The molecule has 3 rings (SSSR count). The van der Waals surface area contributed by atoms with Crippen molar-refractivity contribution >= 4 is 51.7 Å². The van der Waals surface area contributed by atoms with Gasteiger partial charge in [-0.3, -0.25) is 14.5 Å². The normalized spacial score (nSPS) is 18.4. The van der Waals surface area contributed by atoms with Gasteiger partial charge in [0.25, 0.3) is 0 Å². The summed E-state index contributed by atoms with van der Waals surface area (Å²) in [6.07, 6.45) is -0.0607. The summed E-state index contributed by atoms with van der Waals surface area (Å²) in [5.41, 5.74) is -3.21. The summed E-state index contributed by atoms with van der Waals surface area (Å²) >= 11 is 5.76. The summed E-state index contributed by atoms with van der Waals surface area (Å²) in [5, 5.41) is 2.09. The molecule has 1 aliphatic heterocycles. The third-order valence-electron chi connectivity index (χ3n) is 3.95. The van der Waals surface area contributed by atoms with E-state index in [0.717, 1.165) is 11.8 Å². The summed E-state index contributed by atoms with van der Waals surface area (Å²) in [5.74, 6) is -1.44. The number of amidine groups is 1. The first-order valence-electron chi connectivity index (χ1n) is 8.55. The predicted octanol–water partition coefficient (Wildman–Crippen LogP) is 4.58. The number of nitrogens with zero attached hydrogens (tertiary/aromatic N) is 2. The number of hydrogen-bond donors (Lipinski definition) is 1. The molecule has 0 aromatic heterocycles. The van der Waals surface area contributed by atoms with E-state index in [2.05, 4.69) is 15.0 Å². The molecular formula is C19H15ClF3N3O3S. The van der Waals surface area contributed by atoms with Gasteiger partial charge in [0.2, 0.25) is 11.8 Å². The Morgan fingerprint density at radius 2 is 2.00 bits per heavy atom. The standard InChI is InChI=1S/C19H15ClF3N3O3S/c1-26-16(27)10-15(30-18(26)25-13-4-2-3-11(21)9-13)17(28)24-12-5-7-14(8-6-12)29-19(20,22)23/h2-9,15H,10H2,1H3,(H,24,28). The number of anilines is 1. The second kappa shape index (κ2) is 8.97. The number of benzene rings is 2.